The van der Waals surface area contributed by atoms with Gasteiger partial charge in [-0.25, -0.2) is 0 Å². The first-order valence-electron chi connectivity index (χ1n) is 12.8. The van der Waals surface area contributed by atoms with Crippen LogP contribution in [0.5, 0.6) is 0 Å². The third-order valence-electron chi connectivity index (χ3n) is 7.58. The van der Waals surface area contributed by atoms with Crippen molar-refractivity contribution in [2.75, 3.05) is 54.9 Å². The van der Waals surface area contributed by atoms with Crippen molar-refractivity contribution in [3.05, 3.63) is 97.0 Å². The van der Waals surface area contributed by atoms with Gasteiger partial charge in [0.1, 0.15) is 5.70 Å². The highest BCUT2D eigenvalue weighted by atomic mass is 16.2. The lowest BCUT2D eigenvalue weighted by Crippen LogP contribution is -2.44. The highest BCUT2D eigenvalue weighted by Crippen LogP contribution is 2.36. The minimum absolute atomic E-state index is 0.181. The zero-order chi connectivity index (χ0) is 25.4. The smallest absolute Gasteiger partial charge is 0.271 e. The zero-order valence-corrected chi connectivity index (χ0v) is 21.2. The Labute approximate surface area is 217 Å². The summed E-state index contributed by atoms with van der Waals surface area (Å²) in [6, 6.07) is 22.9. The molecule has 1 saturated heterocycles. The molecular formula is C31H31N5O. The molecule has 4 aromatic rings. The van der Waals surface area contributed by atoms with Crippen LogP contribution in [-0.4, -0.2) is 55.6 Å². The van der Waals surface area contributed by atoms with Gasteiger partial charge in [0.2, 0.25) is 0 Å². The molecule has 6 heteroatoms. The van der Waals surface area contributed by atoms with Crippen LogP contribution in [0.15, 0.2) is 91.4 Å². The third kappa shape index (κ3) is 4.45. The van der Waals surface area contributed by atoms with E-state index in [0.29, 0.717) is 5.70 Å². The normalized spacial score (nSPS) is 15.6. The van der Waals surface area contributed by atoms with Gasteiger partial charge in [-0.2, -0.15) is 0 Å². The van der Waals surface area contributed by atoms with Gasteiger partial charge in [0.05, 0.1) is 0 Å². The molecule has 0 spiro atoms. The summed E-state index contributed by atoms with van der Waals surface area (Å²) in [5.41, 5.74) is 7.03. The fourth-order valence-corrected chi connectivity index (χ4v) is 5.42. The van der Waals surface area contributed by atoms with E-state index in [1.165, 1.54) is 11.3 Å². The first-order chi connectivity index (χ1) is 18.1. The molecular weight excluding hydrogens is 458 g/mol. The van der Waals surface area contributed by atoms with Gasteiger partial charge in [0.25, 0.3) is 5.91 Å². The van der Waals surface area contributed by atoms with Crippen LogP contribution in [0.1, 0.15) is 5.56 Å². The average molecular weight is 490 g/mol. The number of piperazine rings is 1. The molecule has 3 heterocycles. The van der Waals surface area contributed by atoms with Crippen molar-refractivity contribution in [2.24, 2.45) is 0 Å². The number of nitrogens with zero attached hydrogens (tertiary/aromatic N) is 4. The summed E-state index contributed by atoms with van der Waals surface area (Å²) in [7, 11) is 2.17. The maximum atomic E-state index is 13.5. The summed E-state index contributed by atoms with van der Waals surface area (Å²) in [6.07, 6.45) is 4.51. The number of aromatic nitrogens is 1. The molecule has 2 aliphatic rings. The number of pyridine rings is 1. The molecule has 0 atom stereocenters. The van der Waals surface area contributed by atoms with Crippen LogP contribution in [-0.2, 0) is 11.2 Å². The summed E-state index contributed by atoms with van der Waals surface area (Å²) in [5, 5.41) is 5.23. The molecule has 1 fully saturated rings. The van der Waals surface area contributed by atoms with Crippen molar-refractivity contribution >= 4 is 33.7 Å². The molecule has 1 aromatic heterocycles. The Morgan fingerprint density at radius 2 is 1.65 bits per heavy atom. The zero-order valence-electron chi connectivity index (χ0n) is 21.2. The minimum Gasteiger partial charge on any atom is -0.369 e. The number of carbonyl (C=O) groups excluding carboxylic acids is 1. The fraction of sp³-hybridized carbons (Fsp3) is 0.226. The van der Waals surface area contributed by atoms with Crippen LogP contribution in [0.4, 0.5) is 17.1 Å². The Hall–Kier alpha value is -4.16. The first kappa shape index (κ1) is 23.3. The summed E-state index contributed by atoms with van der Waals surface area (Å²) < 4.78 is 0. The largest absolute Gasteiger partial charge is 0.369 e. The van der Waals surface area contributed by atoms with Crippen molar-refractivity contribution in [3.8, 4) is 11.1 Å². The highest BCUT2D eigenvalue weighted by Gasteiger charge is 2.26. The van der Waals surface area contributed by atoms with Gasteiger partial charge >= 0.3 is 0 Å². The van der Waals surface area contributed by atoms with E-state index in [1.54, 1.807) is 12.4 Å². The second-order valence-corrected chi connectivity index (χ2v) is 9.85. The van der Waals surface area contributed by atoms with Crippen LogP contribution >= 0.6 is 0 Å². The van der Waals surface area contributed by atoms with E-state index in [0.717, 1.165) is 72.4 Å². The number of likely N-dealkylation sites (N-methyl/N-ethyl adjacent to an activating group) is 1. The molecule has 6 nitrogen and oxygen atoms in total. The SMILES string of the molecule is C=C(C(=O)Nc1ccc(-c2ccncc2)c2ccccc12)N1CCc2ccc(N3CCN(C)CC3)cc21. The second-order valence-electron chi connectivity index (χ2n) is 9.85. The number of hydrogen-bond donors (Lipinski definition) is 1. The minimum atomic E-state index is -0.181. The fourth-order valence-electron chi connectivity index (χ4n) is 5.42. The van der Waals surface area contributed by atoms with Crippen molar-refractivity contribution < 1.29 is 4.79 Å². The Morgan fingerprint density at radius 3 is 2.43 bits per heavy atom. The molecule has 0 saturated carbocycles. The maximum absolute atomic E-state index is 13.5. The molecule has 6 rings (SSSR count). The lowest BCUT2D eigenvalue weighted by atomic mass is 9.98. The van der Waals surface area contributed by atoms with E-state index in [1.807, 2.05) is 36.4 Å². The van der Waals surface area contributed by atoms with Gasteiger partial charge in [-0.15, -0.1) is 0 Å². The Balaban J connectivity index is 1.25. The lowest BCUT2D eigenvalue weighted by molar-refractivity contribution is -0.112. The van der Waals surface area contributed by atoms with E-state index in [-0.39, 0.29) is 5.91 Å². The molecule has 0 bridgehead atoms. The standard InChI is InChI=1S/C31H31N5O/c1-22(36-16-13-24-7-8-25(21-30(24)36)35-19-17-34(2)18-20-35)31(37)33-29-10-9-26(23-11-14-32-15-12-23)27-5-3-4-6-28(27)29/h3-12,14-15,21H,1,13,16-20H2,2H3,(H,33,37). The van der Waals surface area contributed by atoms with Crippen LogP contribution < -0.4 is 15.1 Å². The molecule has 0 radical (unpaired) electrons. The quantitative estimate of drug-likeness (QED) is 0.392. The van der Waals surface area contributed by atoms with Gasteiger partial charge in [0, 0.05) is 67.6 Å². The molecule has 0 unspecified atom stereocenters. The maximum Gasteiger partial charge on any atom is 0.271 e. The highest BCUT2D eigenvalue weighted by molar-refractivity contribution is 6.12. The van der Waals surface area contributed by atoms with Gasteiger partial charge in [-0.05, 0) is 65.9 Å². The van der Waals surface area contributed by atoms with Gasteiger partial charge in [0.15, 0.2) is 0 Å². The summed E-state index contributed by atoms with van der Waals surface area (Å²) in [6.45, 7) is 9.12. The number of carbonyl (C=O) groups is 1. The molecule has 1 amide bonds. The van der Waals surface area contributed by atoms with Crippen molar-refractivity contribution in [3.63, 3.8) is 0 Å². The topological polar surface area (TPSA) is 51.7 Å². The third-order valence-corrected chi connectivity index (χ3v) is 7.58. The molecule has 3 aromatic carbocycles. The first-order valence-corrected chi connectivity index (χ1v) is 12.8. The number of amides is 1. The molecule has 0 aliphatic carbocycles. The van der Waals surface area contributed by atoms with E-state index in [9.17, 15) is 4.79 Å². The second kappa shape index (κ2) is 9.71. The van der Waals surface area contributed by atoms with Crippen LogP contribution in [0.2, 0.25) is 0 Å². The van der Waals surface area contributed by atoms with Crippen LogP contribution in [0, 0.1) is 0 Å². The predicted octanol–water partition coefficient (Wildman–Crippen LogP) is 5.17. The van der Waals surface area contributed by atoms with E-state index in [4.69, 9.17) is 0 Å². The van der Waals surface area contributed by atoms with E-state index >= 15 is 0 Å². The number of rotatable bonds is 5. The van der Waals surface area contributed by atoms with Crippen LogP contribution in [0.3, 0.4) is 0 Å². The number of fused-ring (bicyclic) bond motifs is 2. The number of hydrogen-bond acceptors (Lipinski definition) is 5. The Morgan fingerprint density at radius 1 is 0.892 bits per heavy atom. The molecule has 1 N–H and O–H groups in total. The van der Waals surface area contributed by atoms with Crippen LogP contribution in [0.25, 0.3) is 21.9 Å². The Bertz CT molecular complexity index is 1470. The monoisotopic (exact) mass is 489 g/mol. The molecule has 2 aliphatic heterocycles. The Kier molecular flexibility index (Phi) is 6.10. The summed E-state index contributed by atoms with van der Waals surface area (Å²) >= 11 is 0. The molecule has 186 valence electrons. The van der Waals surface area contributed by atoms with E-state index in [2.05, 4.69) is 69.0 Å². The summed E-state index contributed by atoms with van der Waals surface area (Å²) in [4.78, 5) is 24.4. The molecule has 37 heavy (non-hydrogen) atoms. The van der Waals surface area contributed by atoms with Crippen molar-refractivity contribution in [2.45, 2.75) is 6.42 Å². The van der Waals surface area contributed by atoms with Crippen molar-refractivity contribution in [1.29, 1.82) is 0 Å². The number of anilines is 3. The van der Waals surface area contributed by atoms with Gasteiger partial charge in [-0.3, -0.25) is 9.78 Å². The van der Waals surface area contributed by atoms with Gasteiger partial charge < -0.3 is 20.0 Å². The van der Waals surface area contributed by atoms with Gasteiger partial charge in [-0.1, -0.05) is 43.0 Å². The summed E-state index contributed by atoms with van der Waals surface area (Å²) in [5.74, 6) is -0.181. The lowest BCUT2D eigenvalue weighted by Gasteiger charge is -2.34. The number of benzene rings is 3. The van der Waals surface area contributed by atoms with E-state index < -0.39 is 0 Å². The average Bonchev–Trinajstić information content (AvgIpc) is 3.37. The predicted molar refractivity (Wildman–Crippen MR) is 152 cm³/mol. The number of nitrogens with one attached hydrogen (secondary N) is 1. The van der Waals surface area contributed by atoms with Crippen molar-refractivity contribution in [1.82, 2.24) is 9.88 Å².